The number of piperazine rings is 1. The number of rotatable bonds is 6. The quantitative estimate of drug-likeness (QED) is 0.791. The maximum absolute atomic E-state index is 5.92. The standard InChI is InChI=1S/C16H31N3O/c1-3-20-15-13-14(16(15)5-4-6-16)17-7-8-19-11-9-18(2)10-12-19/h14-15,17H,3-13H2,1-2H3. The molecule has 2 aliphatic carbocycles. The molecule has 4 nitrogen and oxygen atoms in total. The van der Waals surface area contributed by atoms with E-state index in [0.717, 1.165) is 19.2 Å². The Morgan fingerprint density at radius 2 is 1.95 bits per heavy atom. The summed E-state index contributed by atoms with van der Waals surface area (Å²) in [6.45, 7) is 10.3. The summed E-state index contributed by atoms with van der Waals surface area (Å²) in [6.07, 6.45) is 5.94. The third kappa shape index (κ3) is 2.76. The summed E-state index contributed by atoms with van der Waals surface area (Å²) < 4.78 is 5.92. The molecule has 0 radical (unpaired) electrons. The van der Waals surface area contributed by atoms with E-state index in [-0.39, 0.29) is 0 Å². The Labute approximate surface area is 123 Å². The van der Waals surface area contributed by atoms with Gasteiger partial charge in [0.2, 0.25) is 0 Å². The van der Waals surface area contributed by atoms with Gasteiger partial charge in [0, 0.05) is 57.3 Å². The van der Waals surface area contributed by atoms with Crippen molar-refractivity contribution in [1.82, 2.24) is 15.1 Å². The van der Waals surface area contributed by atoms with Gasteiger partial charge in [-0.25, -0.2) is 0 Å². The van der Waals surface area contributed by atoms with Crippen molar-refractivity contribution in [3.63, 3.8) is 0 Å². The summed E-state index contributed by atoms with van der Waals surface area (Å²) in [7, 11) is 2.22. The molecule has 3 rings (SSSR count). The van der Waals surface area contributed by atoms with E-state index in [0.29, 0.717) is 11.5 Å². The molecule has 20 heavy (non-hydrogen) atoms. The van der Waals surface area contributed by atoms with Crippen molar-refractivity contribution in [2.75, 3.05) is 52.9 Å². The van der Waals surface area contributed by atoms with E-state index in [4.69, 9.17) is 4.74 Å². The molecule has 0 amide bonds. The van der Waals surface area contributed by atoms with Crippen LogP contribution in [-0.4, -0.2) is 74.9 Å². The Morgan fingerprint density at radius 1 is 1.20 bits per heavy atom. The molecule has 2 unspecified atom stereocenters. The van der Waals surface area contributed by atoms with Gasteiger partial charge >= 0.3 is 0 Å². The van der Waals surface area contributed by atoms with Crippen LogP contribution >= 0.6 is 0 Å². The molecule has 1 spiro atoms. The monoisotopic (exact) mass is 281 g/mol. The largest absolute Gasteiger partial charge is 0.378 e. The van der Waals surface area contributed by atoms with Crippen molar-refractivity contribution in [3.05, 3.63) is 0 Å². The number of nitrogens with zero attached hydrogens (tertiary/aromatic N) is 2. The Balaban J connectivity index is 1.37. The van der Waals surface area contributed by atoms with Crippen LogP contribution in [0.4, 0.5) is 0 Å². The topological polar surface area (TPSA) is 27.7 Å². The van der Waals surface area contributed by atoms with Crippen LogP contribution in [0.2, 0.25) is 0 Å². The molecule has 2 saturated carbocycles. The number of hydrogen-bond acceptors (Lipinski definition) is 4. The van der Waals surface area contributed by atoms with Crippen molar-refractivity contribution in [2.24, 2.45) is 5.41 Å². The second-order valence-electron chi connectivity index (χ2n) is 6.92. The van der Waals surface area contributed by atoms with Gasteiger partial charge < -0.3 is 15.0 Å². The van der Waals surface area contributed by atoms with Gasteiger partial charge in [-0.1, -0.05) is 6.42 Å². The van der Waals surface area contributed by atoms with Crippen LogP contribution in [0.25, 0.3) is 0 Å². The lowest BCUT2D eigenvalue weighted by molar-refractivity contribution is -0.172. The normalized spacial score (nSPS) is 33.9. The second-order valence-corrected chi connectivity index (χ2v) is 6.92. The van der Waals surface area contributed by atoms with E-state index in [1.807, 2.05) is 0 Å². The molecule has 2 atom stereocenters. The van der Waals surface area contributed by atoms with Crippen molar-refractivity contribution in [1.29, 1.82) is 0 Å². The highest BCUT2D eigenvalue weighted by Gasteiger charge is 2.58. The summed E-state index contributed by atoms with van der Waals surface area (Å²) in [5.74, 6) is 0. The highest BCUT2D eigenvalue weighted by molar-refractivity contribution is 5.12. The van der Waals surface area contributed by atoms with Crippen LogP contribution in [0.5, 0.6) is 0 Å². The van der Waals surface area contributed by atoms with E-state index in [9.17, 15) is 0 Å². The zero-order valence-electron chi connectivity index (χ0n) is 13.2. The predicted octanol–water partition coefficient (Wildman–Crippen LogP) is 1.17. The Kier molecular flexibility index (Phi) is 4.65. The molecular weight excluding hydrogens is 250 g/mol. The first-order valence-corrected chi connectivity index (χ1v) is 8.50. The average Bonchev–Trinajstić information content (AvgIpc) is 2.37. The van der Waals surface area contributed by atoms with Crippen LogP contribution in [0, 0.1) is 5.41 Å². The molecule has 1 heterocycles. The number of likely N-dealkylation sites (N-methyl/N-ethyl adjacent to an activating group) is 1. The highest BCUT2D eigenvalue weighted by atomic mass is 16.5. The molecule has 1 N–H and O–H groups in total. The Morgan fingerprint density at radius 3 is 2.55 bits per heavy atom. The zero-order chi connectivity index (χ0) is 14.0. The van der Waals surface area contributed by atoms with E-state index >= 15 is 0 Å². The summed E-state index contributed by atoms with van der Waals surface area (Å²) in [4.78, 5) is 5.02. The van der Waals surface area contributed by atoms with Crippen molar-refractivity contribution < 1.29 is 4.74 Å². The van der Waals surface area contributed by atoms with Crippen molar-refractivity contribution in [2.45, 2.75) is 44.8 Å². The van der Waals surface area contributed by atoms with Crippen LogP contribution in [0.1, 0.15) is 32.6 Å². The smallest absolute Gasteiger partial charge is 0.0661 e. The van der Waals surface area contributed by atoms with Gasteiger partial charge in [0.25, 0.3) is 0 Å². The molecular formula is C16H31N3O. The number of hydrogen-bond donors (Lipinski definition) is 1. The zero-order valence-corrected chi connectivity index (χ0v) is 13.2. The lowest BCUT2D eigenvalue weighted by Gasteiger charge is -2.61. The fourth-order valence-electron chi connectivity index (χ4n) is 4.19. The van der Waals surface area contributed by atoms with E-state index in [1.165, 1.54) is 58.4 Å². The molecule has 116 valence electrons. The summed E-state index contributed by atoms with van der Waals surface area (Å²) in [5, 5.41) is 3.82. The SMILES string of the molecule is CCOC1CC(NCCN2CCN(C)CC2)C12CCC2. The summed E-state index contributed by atoms with van der Waals surface area (Å²) in [5.41, 5.74) is 0.512. The molecule has 0 aromatic rings. The van der Waals surface area contributed by atoms with Gasteiger partial charge in [-0.05, 0) is 33.2 Å². The fraction of sp³-hybridized carbons (Fsp3) is 1.00. The highest BCUT2D eigenvalue weighted by Crippen LogP contribution is 2.57. The molecule has 4 heteroatoms. The lowest BCUT2D eigenvalue weighted by atomic mass is 9.51. The van der Waals surface area contributed by atoms with Crippen molar-refractivity contribution in [3.8, 4) is 0 Å². The molecule has 3 fully saturated rings. The van der Waals surface area contributed by atoms with Gasteiger partial charge in [-0.2, -0.15) is 0 Å². The first kappa shape index (κ1) is 14.8. The van der Waals surface area contributed by atoms with Gasteiger partial charge in [0.05, 0.1) is 6.10 Å². The van der Waals surface area contributed by atoms with Gasteiger partial charge in [-0.3, -0.25) is 4.90 Å². The maximum atomic E-state index is 5.92. The first-order valence-electron chi connectivity index (χ1n) is 8.50. The van der Waals surface area contributed by atoms with E-state index < -0.39 is 0 Å². The predicted molar refractivity (Wildman–Crippen MR) is 82.0 cm³/mol. The third-order valence-electron chi connectivity index (χ3n) is 5.85. The summed E-state index contributed by atoms with van der Waals surface area (Å²) >= 11 is 0. The van der Waals surface area contributed by atoms with Crippen LogP contribution in [0.3, 0.4) is 0 Å². The lowest BCUT2D eigenvalue weighted by Crippen LogP contribution is -2.67. The minimum Gasteiger partial charge on any atom is -0.378 e. The number of ether oxygens (including phenoxy) is 1. The molecule has 0 bridgehead atoms. The fourth-order valence-corrected chi connectivity index (χ4v) is 4.19. The van der Waals surface area contributed by atoms with Gasteiger partial charge in [-0.15, -0.1) is 0 Å². The molecule has 1 saturated heterocycles. The Hall–Kier alpha value is -0.160. The maximum Gasteiger partial charge on any atom is 0.0661 e. The first-order chi connectivity index (χ1) is 9.74. The van der Waals surface area contributed by atoms with Gasteiger partial charge in [0.15, 0.2) is 0 Å². The molecule has 0 aromatic heterocycles. The molecule has 1 aliphatic heterocycles. The molecule has 0 aromatic carbocycles. The van der Waals surface area contributed by atoms with Crippen LogP contribution in [-0.2, 0) is 4.74 Å². The van der Waals surface area contributed by atoms with Crippen molar-refractivity contribution >= 4 is 0 Å². The van der Waals surface area contributed by atoms with E-state index in [2.05, 4.69) is 29.1 Å². The number of nitrogens with one attached hydrogen (secondary N) is 1. The van der Waals surface area contributed by atoms with Gasteiger partial charge in [0.1, 0.15) is 0 Å². The van der Waals surface area contributed by atoms with Crippen LogP contribution < -0.4 is 5.32 Å². The summed E-state index contributed by atoms with van der Waals surface area (Å²) in [6, 6.07) is 0.722. The third-order valence-corrected chi connectivity index (χ3v) is 5.85. The minimum atomic E-state index is 0.512. The minimum absolute atomic E-state index is 0.512. The average molecular weight is 281 g/mol. The Bertz CT molecular complexity index is 311. The molecule has 3 aliphatic rings. The van der Waals surface area contributed by atoms with E-state index in [1.54, 1.807) is 0 Å². The van der Waals surface area contributed by atoms with Crippen LogP contribution in [0.15, 0.2) is 0 Å². The second kappa shape index (κ2) is 6.30.